The maximum absolute atomic E-state index is 12.5. The second kappa shape index (κ2) is 8.84. The first-order chi connectivity index (χ1) is 11.8. The van der Waals surface area contributed by atoms with Gasteiger partial charge in [-0.25, -0.2) is 0 Å². The van der Waals surface area contributed by atoms with Gasteiger partial charge in [-0.05, 0) is 32.1 Å². The lowest BCUT2D eigenvalue weighted by molar-refractivity contribution is -0.154. The van der Waals surface area contributed by atoms with Crippen molar-refractivity contribution in [1.29, 1.82) is 0 Å². The first kappa shape index (κ1) is 20.0. The van der Waals surface area contributed by atoms with Crippen LogP contribution < -0.4 is 5.73 Å². The summed E-state index contributed by atoms with van der Waals surface area (Å²) in [7, 11) is 0. The van der Waals surface area contributed by atoms with Crippen LogP contribution in [0.2, 0.25) is 0 Å². The molecule has 9 heteroatoms. The van der Waals surface area contributed by atoms with Gasteiger partial charge >= 0.3 is 6.18 Å². The van der Waals surface area contributed by atoms with Crippen LogP contribution in [0.3, 0.4) is 0 Å². The van der Waals surface area contributed by atoms with Gasteiger partial charge in [0.05, 0.1) is 31.7 Å². The Bertz CT molecular complexity index is 473. The summed E-state index contributed by atoms with van der Waals surface area (Å²) in [4.78, 5) is 27.7. The molecule has 2 atom stereocenters. The van der Waals surface area contributed by atoms with E-state index in [-0.39, 0.29) is 31.0 Å². The van der Waals surface area contributed by atoms with E-state index in [4.69, 9.17) is 10.5 Å². The molecule has 0 bridgehead atoms. The Kier molecular flexibility index (Phi) is 7.06. The van der Waals surface area contributed by atoms with E-state index in [9.17, 15) is 22.8 Å². The fraction of sp³-hybridized carbons (Fsp3) is 0.875. The first-order valence-corrected chi connectivity index (χ1v) is 8.77. The van der Waals surface area contributed by atoms with Crippen LogP contribution in [-0.2, 0) is 14.3 Å². The van der Waals surface area contributed by atoms with Crippen molar-refractivity contribution in [3.05, 3.63) is 0 Å². The molecule has 0 radical (unpaired) electrons. The van der Waals surface area contributed by atoms with Crippen molar-refractivity contribution in [2.75, 3.05) is 32.8 Å². The Morgan fingerprint density at radius 3 is 2.68 bits per heavy atom. The van der Waals surface area contributed by atoms with Crippen LogP contribution in [0.1, 0.15) is 38.5 Å². The van der Waals surface area contributed by atoms with Crippen molar-refractivity contribution >= 4 is 11.8 Å². The van der Waals surface area contributed by atoms with E-state index < -0.39 is 25.2 Å². The van der Waals surface area contributed by atoms with E-state index in [0.717, 1.165) is 12.8 Å². The van der Waals surface area contributed by atoms with E-state index in [2.05, 4.69) is 0 Å². The van der Waals surface area contributed by atoms with Gasteiger partial charge in [0, 0.05) is 19.6 Å². The van der Waals surface area contributed by atoms with Crippen LogP contribution in [0.4, 0.5) is 13.2 Å². The molecule has 144 valence electrons. The molecule has 0 saturated carbocycles. The molecular formula is C16H26F3N3O3. The highest BCUT2D eigenvalue weighted by Gasteiger charge is 2.31. The molecule has 2 unspecified atom stereocenters. The Balaban J connectivity index is 1.81. The normalized spacial score (nSPS) is 25.8. The van der Waals surface area contributed by atoms with Gasteiger partial charge in [0.15, 0.2) is 0 Å². The van der Waals surface area contributed by atoms with Gasteiger partial charge in [-0.3, -0.25) is 9.59 Å². The van der Waals surface area contributed by atoms with E-state index in [1.165, 1.54) is 4.90 Å². The Morgan fingerprint density at radius 2 is 1.96 bits per heavy atom. The van der Waals surface area contributed by atoms with Crippen LogP contribution >= 0.6 is 0 Å². The minimum atomic E-state index is -4.24. The first-order valence-electron chi connectivity index (χ1n) is 8.77. The minimum absolute atomic E-state index is 0.0260. The summed E-state index contributed by atoms with van der Waals surface area (Å²) in [5.41, 5.74) is 5.81. The number of nitrogens with two attached hydrogens (primary N) is 1. The summed E-state index contributed by atoms with van der Waals surface area (Å²) in [6.45, 7) is 0.895. The number of hydrogen-bond donors (Lipinski definition) is 1. The molecule has 2 aliphatic rings. The largest absolute Gasteiger partial charge is 0.391 e. The molecule has 2 aliphatic heterocycles. The Morgan fingerprint density at radius 1 is 1.20 bits per heavy atom. The molecule has 6 nitrogen and oxygen atoms in total. The molecule has 0 aliphatic carbocycles. The Hall–Kier alpha value is -1.35. The van der Waals surface area contributed by atoms with E-state index in [1.807, 2.05) is 0 Å². The zero-order valence-electron chi connectivity index (χ0n) is 14.3. The van der Waals surface area contributed by atoms with Gasteiger partial charge in [0.2, 0.25) is 11.8 Å². The zero-order chi connectivity index (χ0) is 18.4. The predicted octanol–water partition coefficient (Wildman–Crippen LogP) is 1.29. The van der Waals surface area contributed by atoms with Crippen molar-refractivity contribution in [1.82, 2.24) is 9.80 Å². The van der Waals surface area contributed by atoms with Crippen LogP contribution in [0.5, 0.6) is 0 Å². The standard InChI is InChI=1S/C16H26F3N3O3/c17-16(18,19)6-9-25-12-4-3-8-21(10-12)14(23)11-22-7-2-1-5-13(20)15(22)24/h12-13H,1-11,20H2. The van der Waals surface area contributed by atoms with E-state index in [1.54, 1.807) is 4.90 Å². The lowest BCUT2D eigenvalue weighted by Gasteiger charge is -2.34. The number of amides is 2. The number of hydrogen-bond acceptors (Lipinski definition) is 4. The molecule has 2 N–H and O–H groups in total. The third kappa shape index (κ3) is 6.47. The highest BCUT2D eigenvalue weighted by molar-refractivity contribution is 5.87. The third-order valence-electron chi connectivity index (χ3n) is 4.62. The summed E-state index contributed by atoms with van der Waals surface area (Å²) in [6, 6.07) is -0.560. The quantitative estimate of drug-likeness (QED) is 0.797. The number of rotatable bonds is 5. The topological polar surface area (TPSA) is 75.9 Å². The molecule has 0 aromatic carbocycles. The van der Waals surface area contributed by atoms with Crippen molar-refractivity contribution in [2.24, 2.45) is 5.73 Å². The van der Waals surface area contributed by atoms with Crippen molar-refractivity contribution in [2.45, 2.75) is 56.8 Å². The van der Waals surface area contributed by atoms with E-state index >= 15 is 0 Å². The van der Waals surface area contributed by atoms with Crippen LogP contribution in [0, 0.1) is 0 Å². The van der Waals surface area contributed by atoms with Gasteiger partial charge in [0.25, 0.3) is 0 Å². The average Bonchev–Trinajstić information content (AvgIpc) is 2.69. The number of ether oxygens (including phenoxy) is 1. The lowest BCUT2D eigenvalue weighted by Crippen LogP contribution is -2.50. The van der Waals surface area contributed by atoms with Crippen molar-refractivity contribution in [3.63, 3.8) is 0 Å². The number of halogens is 3. The summed E-state index contributed by atoms with van der Waals surface area (Å²) in [5, 5.41) is 0. The summed E-state index contributed by atoms with van der Waals surface area (Å²) in [5.74, 6) is -0.410. The average molecular weight is 365 g/mol. The molecule has 25 heavy (non-hydrogen) atoms. The van der Waals surface area contributed by atoms with E-state index in [0.29, 0.717) is 32.4 Å². The van der Waals surface area contributed by atoms with Crippen LogP contribution in [0.25, 0.3) is 0 Å². The predicted molar refractivity (Wildman–Crippen MR) is 84.6 cm³/mol. The smallest absolute Gasteiger partial charge is 0.376 e. The second-order valence-electron chi connectivity index (χ2n) is 6.70. The lowest BCUT2D eigenvalue weighted by atomic mass is 10.1. The highest BCUT2D eigenvalue weighted by atomic mass is 19.4. The monoisotopic (exact) mass is 365 g/mol. The highest BCUT2D eigenvalue weighted by Crippen LogP contribution is 2.21. The van der Waals surface area contributed by atoms with Crippen LogP contribution in [0.15, 0.2) is 0 Å². The molecule has 0 aromatic heterocycles. The maximum atomic E-state index is 12.5. The fourth-order valence-electron chi connectivity index (χ4n) is 3.20. The van der Waals surface area contributed by atoms with Gasteiger partial charge in [0.1, 0.15) is 0 Å². The number of carbonyl (C=O) groups excluding carboxylic acids is 2. The minimum Gasteiger partial charge on any atom is -0.376 e. The van der Waals surface area contributed by atoms with Crippen molar-refractivity contribution in [3.8, 4) is 0 Å². The summed E-state index contributed by atoms with van der Waals surface area (Å²) < 4.78 is 41.8. The number of carbonyl (C=O) groups is 2. The molecule has 2 rings (SSSR count). The second-order valence-corrected chi connectivity index (χ2v) is 6.70. The number of piperidine rings is 1. The zero-order valence-corrected chi connectivity index (χ0v) is 14.3. The molecule has 0 aromatic rings. The number of likely N-dealkylation sites (tertiary alicyclic amines) is 2. The van der Waals surface area contributed by atoms with Gasteiger partial charge in [-0.2, -0.15) is 13.2 Å². The number of nitrogens with zero attached hydrogens (tertiary/aromatic N) is 2. The van der Waals surface area contributed by atoms with Crippen molar-refractivity contribution < 1.29 is 27.5 Å². The molecule has 2 fully saturated rings. The summed E-state index contributed by atoms with van der Waals surface area (Å²) in [6.07, 6.45) is -2.00. The van der Waals surface area contributed by atoms with Gasteiger partial charge in [-0.1, -0.05) is 0 Å². The Labute approximate surface area is 145 Å². The molecule has 2 saturated heterocycles. The third-order valence-corrected chi connectivity index (χ3v) is 4.62. The van der Waals surface area contributed by atoms with Gasteiger partial charge < -0.3 is 20.3 Å². The molecule has 2 heterocycles. The van der Waals surface area contributed by atoms with Crippen LogP contribution in [-0.4, -0.2) is 72.7 Å². The molecule has 2 amide bonds. The fourth-order valence-corrected chi connectivity index (χ4v) is 3.20. The maximum Gasteiger partial charge on any atom is 0.391 e. The summed E-state index contributed by atoms with van der Waals surface area (Å²) >= 11 is 0. The number of alkyl halides is 3. The molecule has 0 spiro atoms. The molecular weight excluding hydrogens is 339 g/mol. The van der Waals surface area contributed by atoms with Gasteiger partial charge in [-0.15, -0.1) is 0 Å². The SMILES string of the molecule is NC1CCCCN(CC(=O)N2CCCC(OCCC(F)(F)F)C2)C1=O.